The Morgan fingerprint density at radius 3 is 3.14 bits per heavy atom. The van der Waals surface area contributed by atoms with Crippen molar-refractivity contribution in [1.29, 1.82) is 0 Å². The van der Waals surface area contributed by atoms with Crippen molar-refractivity contribution in [2.75, 3.05) is 0 Å². The number of pyridine rings is 1. The van der Waals surface area contributed by atoms with Crippen LogP contribution in [0.5, 0.6) is 0 Å². The second-order valence-electron chi connectivity index (χ2n) is 2.71. The van der Waals surface area contributed by atoms with Crippen molar-refractivity contribution >= 4 is 23.0 Å². The molecule has 3 N–H and O–H groups in total. The number of hydrogen-bond donors (Lipinski definition) is 2. The second kappa shape index (κ2) is 3.28. The molecule has 0 saturated heterocycles. The molecule has 0 spiro atoms. The monoisotopic (exact) mass is 210 g/mol. The summed E-state index contributed by atoms with van der Waals surface area (Å²) in [4.78, 5) is 11.2. The van der Waals surface area contributed by atoms with Gasteiger partial charge in [-0.25, -0.2) is 10.4 Å². The molecule has 2 aromatic heterocycles. The van der Waals surface area contributed by atoms with Crippen LogP contribution in [-0.2, 0) is 0 Å². The van der Waals surface area contributed by atoms with Crippen LogP contribution in [0.4, 0.5) is 0 Å². The average molecular weight is 211 g/mol. The third-order valence-corrected chi connectivity index (χ3v) is 2.16. The number of carbonyl (C=O) groups excluding carboxylic acids is 1. The van der Waals surface area contributed by atoms with Crippen molar-refractivity contribution < 1.29 is 4.79 Å². The van der Waals surface area contributed by atoms with Gasteiger partial charge in [0.1, 0.15) is 0 Å². The van der Waals surface area contributed by atoms with E-state index in [-0.39, 0.29) is 5.91 Å². The fourth-order valence-corrected chi connectivity index (χ4v) is 1.36. The number of nitrogens with zero attached hydrogens (tertiary/aromatic N) is 2. The highest BCUT2D eigenvalue weighted by Gasteiger charge is 2.06. The van der Waals surface area contributed by atoms with Gasteiger partial charge >= 0.3 is 0 Å². The van der Waals surface area contributed by atoms with E-state index >= 15 is 0 Å². The van der Waals surface area contributed by atoms with Gasteiger partial charge in [-0.3, -0.25) is 10.2 Å². The SMILES string of the molecule is NNC(=O)c1ccn2ncc(Cl)c2c1. The summed E-state index contributed by atoms with van der Waals surface area (Å²) in [6.45, 7) is 0. The molecule has 1 amide bonds. The molecule has 2 aromatic rings. The van der Waals surface area contributed by atoms with E-state index in [4.69, 9.17) is 17.4 Å². The van der Waals surface area contributed by atoms with Crippen molar-refractivity contribution in [2.45, 2.75) is 0 Å². The van der Waals surface area contributed by atoms with Crippen LogP contribution in [0, 0.1) is 0 Å². The first-order valence-corrected chi connectivity index (χ1v) is 4.24. The van der Waals surface area contributed by atoms with Crippen LogP contribution < -0.4 is 11.3 Å². The van der Waals surface area contributed by atoms with Crippen LogP contribution >= 0.6 is 11.6 Å². The molecule has 0 aliphatic heterocycles. The average Bonchev–Trinajstić information content (AvgIpc) is 2.59. The zero-order valence-electron chi connectivity index (χ0n) is 7.07. The van der Waals surface area contributed by atoms with E-state index in [2.05, 4.69) is 5.10 Å². The standard InChI is InChI=1S/C8H7ClN4O/c9-6-4-11-13-2-1-5(3-7(6)13)8(14)12-10/h1-4H,10H2,(H,12,14). The molecule has 0 fully saturated rings. The fraction of sp³-hybridized carbons (Fsp3) is 0. The zero-order valence-corrected chi connectivity index (χ0v) is 7.82. The zero-order chi connectivity index (χ0) is 10.1. The molecule has 2 heterocycles. The van der Waals surface area contributed by atoms with Gasteiger partial charge in [0.2, 0.25) is 0 Å². The first-order valence-electron chi connectivity index (χ1n) is 3.86. The van der Waals surface area contributed by atoms with Crippen molar-refractivity contribution in [1.82, 2.24) is 15.0 Å². The number of rotatable bonds is 1. The lowest BCUT2D eigenvalue weighted by Crippen LogP contribution is -2.29. The van der Waals surface area contributed by atoms with Gasteiger partial charge in [0.05, 0.1) is 16.7 Å². The van der Waals surface area contributed by atoms with E-state index in [1.165, 1.54) is 6.20 Å². The Labute approximate surface area is 84.4 Å². The Bertz CT molecular complexity index is 493. The molecule has 0 atom stereocenters. The number of halogens is 1. The van der Waals surface area contributed by atoms with Gasteiger partial charge in [-0.1, -0.05) is 11.6 Å². The summed E-state index contributed by atoms with van der Waals surface area (Å²) in [5, 5.41) is 4.46. The molecule has 0 saturated carbocycles. The van der Waals surface area contributed by atoms with Crippen LogP contribution in [0.15, 0.2) is 24.5 Å². The van der Waals surface area contributed by atoms with E-state index in [1.807, 2.05) is 5.43 Å². The Balaban J connectivity index is 2.60. The first kappa shape index (κ1) is 8.98. The normalized spacial score (nSPS) is 10.4. The van der Waals surface area contributed by atoms with Gasteiger partial charge in [0, 0.05) is 11.8 Å². The molecular weight excluding hydrogens is 204 g/mol. The third-order valence-electron chi connectivity index (χ3n) is 1.87. The van der Waals surface area contributed by atoms with Crippen molar-refractivity contribution in [2.24, 2.45) is 5.84 Å². The number of nitrogens with one attached hydrogen (secondary N) is 1. The van der Waals surface area contributed by atoms with Gasteiger partial charge < -0.3 is 0 Å². The first-order chi connectivity index (χ1) is 6.72. The van der Waals surface area contributed by atoms with Crippen molar-refractivity contribution in [3.63, 3.8) is 0 Å². The van der Waals surface area contributed by atoms with Crippen LogP contribution in [0.3, 0.4) is 0 Å². The summed E-state index contributed by atoms with van der Waals surface area (Å²) in [5.41, 5.74) is 3.17. The lowest BCUT2D eigenvalue weighted by molar-refractivity contribution is 0.0953. The summed E-state index contributed by atoms with van der Waals surface area (Å²) < 4.78 is 1.58. The number of hydrogen-bond acceptors (Lipinski definition) is 3. The molecule has 6 heteroatoms. The number of amides is 1. The maximum Gasteiger partial charge on any atom is 0.265 e. The third kappa shape index (κ3) is 1.32. The van der Waals surface area contributed by atoms with E-state index in [9.17, 15) is 4.79 Å². The summed E-state index contributed by atoms with van der Waals surface area (Å²) >= 11 is 5.85. The molecule has 14 heavy (non-hydrogen) atoms. The Hall–Kier alpha value is -1.59. The predicted molar refractivity (Wildman–Crippen MR) is 51.9 cm³/mol. The molecule has 0 radical (unpaired) electrons. The number of aromatic nitrogens is 2. The Kier molecular flexibility index (Phi) is 2.11. The number of nitrogens with two attached hydrogens (primary N) is 1. The molecule has 2 rings (SSSR count). The molecule has 0 unspecified atom stereocenters. The molecular formula is C8H7ClN4O. The largest absolute Gasteiger partial charge is 0.290 e. The van der Waals surface area contributed by atoms with Crippen LogP contribution in [0.25, 0.3) is 5.52 Å². The van der Waals surface area contributed by atoms with E-state index in [0.717, 1.165) is 0 Å². The van der Waals surface area contributed by atoms with Gasteiger partial charge in [-0.2, -0.15) is 5.10 Å². The number of fused-ring (bicyclic) bond motifs is 1. The lowest BCUT2D eigenvalue weighted by atomic mass is 10.2. The highest BCUT2D eigenvalue weighted by molar-refractivity contribution is 6.33. The van der Waals surface area contributed by atoms with Gasteiger partial charge in [-0.15, -0.1) is 0 Å². The van der Waals surface area contributed by atoms with Crippen molar-refractivity contribution in [3.05, 3.63) is 35.1 Å². The van der Waals surface area contributed by atoms with E-state index in [1.54, 1.807) is 22.8 Å². The number of nitrogen functional groups attached to an aromatic ring is 1. The van der Waals surface area contributed by atoms with Gasteiger partial charge in [0.15, 0.2) is 0 Å². The quantitative estimate of drug-likeness (QED) is 0.411. The minimum absolute atomic E-state index is 0.357. The van der Waals surface area contributed by atoms with E-state index < -0.39 is 0 Å². The van der Waals surface area contributed by atoms with Gasteiger partial charge in [0.25, 0.3) is 5.91 Å². The summed E-state index contributed by atoms with van der Waals surface area (Å²) in [5.74, 6) is 4.65. The van der Waals surface area contributed by atoms with Crippen LogP contribution in [0.2, 0.25) is 5.02 Å². The molecule has 0 aliphatic rings. The molecule has 72 valence electrons. The Morgan fingerprint density at radius 2 is 2.43 bits per heavy atom. The smallest absolute Gasteiger partial charge is 0.265 e. The van der Waals surface area contributed by atoms with Crippen LogP contribution in [-0.4, -0.2) is 15.5 Å². The maximum atomic E-state index is 11.2. The predicted octanol–water partition coefficient (Wildman–Crippen LogP) is 0.591. The molecule has 0 aromatic carbocycles. The summed E-state index contributed by atoms with van der Waals surface area (Å²) in [6.07, 6.45) is 3.16. The molecule has 5 nitrogen and oxygen atoms in total. The molecule has 0 bridgehead atoms. The minimum atomic E-state index is -0.357. The van der Waals surface area contributed by atoms with E-state index in [0.29, 0.717) is 16.1 Å². The topological polar surface area (TPSA) is 72.4 Å². The fourth-order valence-electron chi connectivity index (χ4n) is 1.18. The van der Waals surface area contributed by atoms with Crippen LogP contribution in [0.1, 0.15) is 10.4 Å². The molecule has 0 aliphatic carbocycles. The summed E-state index contributed by atoms with van der Waals surface area (Å²) in [6, 6.07) is 3.23. The highest BCUT2D eigenvalue weighted by atomic mass is 35.5. The van der Waals surface area contributed by atoms with Gasteiger partial charge in [-0.05, 0) is 12.1 Å². The second-order valence-corrected chi connectivity index (χ2v) is 3.12. The van der Waals surface area contributed by atoms with Crippen molar-refractivity contribution in [3.8, 4) is 0 Å². The minimum Gasteiger partial charge on any atom is -0.290 e. The number of hydrazine groups is 1. The highest BCUT2D eigenvalue weighted by Crippen LogP contribution is 2.17. The lowest BCUT2D eigenvalue weighted by Gasteiger charge is -1.99. The Morgan fingerprint density at radius 1 is 1.64 bits per heavy atom. The summed E-state index contributed by atoms with van der Waals surface area (Å²) in [7, 11) is 0. The number of carbonyl (C=O) groups is 1. The maximum absolute atomic E-state index is 11.2.